The molecule has 0 bridgehead atoms. The molecule has 0 amide bonds. The molecule has 4 rings (SSSR count). The highest BCUT2D eigenvalue weighted by atomic mass is 28.3. The van der Waals surface area contributed by atoms with Crippen molar-refractivity contribution < 1.29 is 8.68 Å². The van der Waals surface area contributed by atoms with Crippen molar-refractivity contribution in [3.63, 3.8) is 0 Å². The van der Waals surface area contributed by atoms with Crippen LogP contribution in [-0.2, 0) is 7.05 Å². The Morgan fingerprint density at radius 2 is 1.78 bits per heavy atom. The Hall–Kier alpha value is -2.70. The van der Waals surface area contributed by atoms with Crippen LogP contribution < -0.4 is 14.9 Å². The molecule has 27 heavy (non-hydrogen) atoms. The van der Waals surface area contributed by atoms with E-state index >= 15 is 0 Å². The van der Waals surface area contributed by atoms with E-state index in [4.69, 9.17) is 4.11 Å². The minimum Gasteiger partial charge on any atom is -0.199 e. The predicted octanol–water partition coefficient (Wildman–Crippen LogP) is 3.78. The number of aryl methyl sites for hydroxylation is 3. The molecule has 1 aliphatic rings. The maximum absolute atomic E-state index is 9.42. The van der Waals surface area contributed by atoms with Crippen LogP contribution in [0.4, 0.5) is 0 Å². The first kappa shape index (κ1) is 14.4. The van der Waals surface area contributed by atoms with Crippen molar-refractivity contribution in [2.75, 3.05) is 0 Å². The van der Waals surface area contributed by atoms with E-state index in [0.29, 0.717) is 11.1 Å². The third-order valence-corrected chi connectivity index (χ3v) is 9.48. The molecule has 3 heteroatoms. The molecule has 0 atom stereocenters. The van der Waals surface area contributed by atoms with E-state index < -0.39 is 14.9 Å². The van der Waals surface area contributed by atoms with Crippen LogP contribution in [0.2, 0.25) is 13.1 Å². The minimum atomic E-state index is -2.16. The van der Waals surface area contributed by atoms with Crippen LogP contribution in [0.25, 0.3) is 22.4 Å². The summed E-state index contributed by atoms with van der Waals surface area (Å²) in [5, 5.41) is 12.0. The summed E-state index contributed by atoms with van der Waals surface area (Å²) in [5.74, 6) is 0. The van der Waals surface area contributed by atoms with Gasteiger partial charge >= 0.3 is 0 Å². The third kappa shape index (κ3) is 2.48. The SMILES string of the molecule is [2H]C([2H])([2H])c1cc(C)[n+](C)c(-c2c(C)ccc3c2[Si](C)(C)c2cc(C#N)ccc2-3)c1. The fourth-order valence-electron chi connectivity index (χ4n) is 4.45. The molecule has 2 aromatic carbocycles. The molecule has 0 radical (unpaired) electrons. The van der Waals surface area contributed by atoms with Crippen LogP contribution in [0.5, 0.6) is 0 Å². The molecule has 0 unspecified atom stereocenters. The molecule has 0 saturated heterocycles. The Morgan fingerprint density at radius 1 is 1.04 bits per heavy atom. The van der Waals surface area contributed by atoms with Crippen LogP contribution in [0, 0.1) is 32.0 Å². The number of aromatic nitrogens is 1. The first-order chi connectivity index (χ1) is 14.0. The molecule has 134 valence electrons. The van der Waals surface area contributed by atoms with Crippen molar-refractivity contribution in [2.45, 2.75) is 33.8 Å². The standard InChI is InChI=1S/C24H25N2Si/c1-15-11-17(3)26(4)21(12-15)23-16(2)7-9-20-19-10-8-18(14-25)13-22(19)27(5,6)24(20)23/h7-13H,1-6H3/q+1/i1D3. The highest BCUT2D eigenvalue weighted by molar-refractivity contribution is 7.04. The van der Waals surface area contributed by atoms with E-state index in [-0.39, 0.29) is 0 Å². The number of nitrogens with zero attached hydrogens (tertiary/aromatic N) is 2. The van der Waals surface area contributed by atoms with Gasteiger partial charge in [-0.25, -0.2) is 0 Å². The molecular formula is C24H25N2Si+. The van der Waals surface area contributed by atoms with Gasteiger partial charge in [-0.3, -0.25) is 0 Å². The monoisotopic (exact) mass is 372 g/mol. The van der Waals surface area contributed by atoms with E-state index in [1.807, 2.05) is 32.2 Å². The van der Waals surface area contributed by atoms with Crippen LogP contribution in [0.3, 0.4) is 0 Å². The minimum absolute atomic E-state index is 0.367. The average Bonchev–Trinajstić information content (AvgIpc) is 2.90. The zero-order valence-corrected chi connectivity index (χ0v) is 17.4. The Labute approximate surface area is 167 Å². The number of hydrogen-bond acceptors (Lipinski definition) is 1. The van der Waals surface area contributed by atoms with Crippen LogP contribution in [-0.4, -0.2) is 8.07 Å². The molecule has 2 nitrogen and oxygen atoms in total. The first-order valence-electron chi connectivity index (χ1n) is 10.7. The number of pyridine rings is 1. The Bertz CT molecular complexity index is 1250. The van der Waals surface area contributed by atoms with Crippen LogP contribution >= 0.6 is 0 Å². The number of benzene rings is 2. The van der Waals surface area contributed by atoms with E-state index in [9.17, 15) is 5.26 Å². The van der Waals surface area contributed by atoms with Gasteiger partial charge in [0.05, 0.1) is 11.6 Å². The fourth-order valence-corrected chi connectivity index (χ4v) is 7.97. The van der Waals surface area contributed by atoms with E-state index in [1.165, 1.54) is 21.5 Å². The van der Waals surface area contributed by atoms with Crippen molar-refractivity contribution in [1.82, 2.24) is 0 Å². The van der Waals surface area contributed by atoms with Gasteiger partial charge in [0.2, 0.25) is 5.69 Å². The molecule has 0 N–H and O–H groups in total. The number of rotatable bonds is 1. The van der Waals surface area contributed by atoms with E-state index in [1.54, 1.807) is 6.07 Å². The third-order valence-electron chi connectivity index (χ3n) is 5.95. The smallest absolute Gasteiger partial charge is 0.199 e. The van der Waals surface area contributed by atoms with Gasteiger partial charge in [0.25, 0.3) is 0 Å². The second-order valence-electron chi connectivity index (χ2n) is 8.01. The normalized spacial score (nSPS) is 15.9. The van der Waals surface area contributed by atoms with E-state index in [0.717, 1.165) is 22.5 Å². The number of nitriles is 1. The molecule has 2 heterocycles. The lowest BCUT2D eigenvalue weighted by Gasteiger charge is -2.23. The summed E-state index contributed by atoms with van der Waals surface area (Å²) in [6.07, 6.45) is 0. The largest absolute Gasteiger partial charge is 0.212 e. The summed E-state index contributed by atoms with van der Waals surface area (Å²) in [5.41, 5.74) is 7.59. The number of fused-ring (bicyclic) bond motifs is 3. The molecule has 1 aromatic heterocycles. The Balaban J connectivity index is 2.08. The summed E-state index contributed by atoms with van der Waals surface area (Å²) in [4.78, 5) is 0. The summed E-state index contributed by atoms with van der Waals surface area (Å²) in [7, 11) is -0.0992. The van der Waals surface area contributed by atoms with Gasteiger partial charge in [-0.1, -0.05) is 31.3 Å². The quantitative estimate of drug-likeness (QED) is 0.472. The summed E-state index contributed by atoms with van der Waals surface area (Å²) in [6.45, 7) is 6.54. The van der Waals surface area contributed by atoms with Gasteiger partial charge in [0.1, 0.15) is 15.1 Å². The predicted molar refractivity (Wildman–Crippen MR) is 114 cm³/mol. The van der Waals surface area contributed by atoms with Crippen molar-refractivity contribution in [2.24, 2.45) is 7.05 Å². The van der Waals surface area contributed by atoms with Crippen molar-refractivity contribution >= 4 is 18.4 Å². The van der Waals surface area contributed by atoms with Crippen molar-refractivity contribution in [3.8, 4) is 28.5 Å². The van der Waals surface area contributed by atoms with Gasteiger partial charge in [0, 0.05) is 28.7 Å². The Morgan fingerprint density at radius 3 is 2.48 bits per heavy atom. The second-order valence-corrected chi connectivity index (χ2v) is 12.3. The van der Waals surface area contributed by atoms with Gasteiger partial charge in [-0.15, -0.1) is 0 Å². The summed E-state index contributed by atoms with van der Waals surface area (Å²) in [6, 6.07) is 16.2. The average molecular weight is 373 g/mol. The molecular weight excluding hydrogens is 344 g/mol. The van der Waals surface area contributed by atoms with E-state index in [2.05, 4.69) is 48.9 Å². The first-order valence-corrected chi connectivity index (χ1v) is 12.2. The second kappa shape index (κ2) is 5.90. The highest BCUT2D eigenvalue weighted by Crippen LogP contribution is 2.34. The summed E-state index contributed by atoms with van der Waals surface area (Å²) >= 11 is 0. The van der Waals surface area contributed by atoms with Crippen LogP contribution in [0.15, 0.2) is 42.5 Å². The fraction of sp³-hybridized carbons (Fsp3) is 0.250. The lowest BCUT2D eigenvalue weighted by atomic mass is 9.96. The van der Waals surface area contributed by atoms with Crippen LogP contribution in [0.1, 0.15) is 26.5 Å². The van der Waals surface area contributed by atoms with Gasteiger partial charge < -0.3 is 0 Å². The molecule has 0 saturated carbocycles. The lowest BCUT2D eigenvalue weighted by molar-refractivity contribution is -0.666. The summed E-state index contributed by atoms with van der Waals surface area (Å²) < 4.78 is 25.9. The van der Waals surface area contributed by atoms with Crippen molar-refractivity contribution in [3.05, 3.63) is 64.8 Å². The van der Waals surface area contributed by atoms with Gasteiger partial charge in [-0.2, -0.15) is 9.83 Å². The van der Waals surface area contributed by atoms with Crippen molar-refractivity contribution in [1.29, 1.82) is 5.26 Å². The highest BCUT2D eigenvalue weighted by Gasteiger charge is 2.41. The molecule has 0 spiro atoms. The number of hydrogen-bond donors (Lipinski definition) is 0. The molecule has 0 aliphatic carbocycles. The zero-order valence-electron chi connectivity index (χ0n) is 19.4. The maximum atomic E-state index is 9.42. The topological polar surface area (TPSA) is 27.7 Å². The molecule has 1 aliphatic heterocycles. The lowest BCUT2D eigenvalue weighted by Crippen LogP contribution is -2.51. The Kier molecular flexibility index (Phi) is 3.14. The maximum Gasteiger partial charge on any atom is 0.212 e. The van der Waals surface area contributed by atoms with Gasteiger partial charge in [-0.05, 0) is 58.5 Å². The van der Waals surface area contributed by atoms with Gasteiger partial charge in [0.15, 0.2) is 5.69 Å². The molecule has 3 aromatic rings. The molecule has 0 fully saturated rings. The zero-order chi connectivity index (χ0) is 22.0.